The Bertz CT molecular complexity index is 1300. The number of aromatic nitrogens is 1. The lowest BCUT2D eigenvalue weighted by molar-refractivity contribution is -0.0440. The van der Waals surface area contributed by atoms with Crippen molar-refractivity contribution in [3.8, 4) is 0 Å². The number of sulfonamides is 1. The number of thiazole rings is 1. The number of benzene rings is 2. The third-order valence-corrected chi connectivity index (χ3v) is 8.60. The maximum absolute atomic E-state index is 13.7. The standard InChI is InChI=1S/C24H29FN4O4S2/c1-16-14-28(15-17(2)33-16)35(31,32)20-8-5-18(6-9-20)23(30)29(12-11-27(3)4)24-26-21-10-7-19(25)13-22(21)34-24/h5-10,13,16-17H,11-12,14-15H2,1-4H3/t16-,17-/m1/s1. The van der Waals surface area contributed by atoms with Gasteiger partial charge in [0.15, 0.2) is 5.13 Å². The van der Waals surface area contributed by atoms with E-state index in [2.05, 4.69) is 4.98 Å². The van der Waals surface area contributed by atoms with Gasteiger partial charge in [-0.3, -0.25) is 9.69 Å². The molecule has 1 aliphatic heterocycles. The zero-order valence-corrected chi connectivity index (χ0v) is 21.8. The summed E-state index contributed by atoms with van der Waals surface area (Å²) >= 11 is 1.24. The Labute approximate surface area is 209 Å². The predicted molar refractivity (Wildman–Crippen MR) is 135 cm³/mol. The van der Waals surface area contributed by atoms with Gasteiger partial charge < -0.3 is 9.64 Å². The average molecular weight is 521 g/mol. The summed E-state index contributed by atoms with van der Waals surface area (Å²) < 4.78 is 47.7. The molecule has 3 aromatic rings. The van der Waals surface area contributed by atoms with Gasteiger partial charge in [0, 0.05) is 31.7 Å². The van der Waals surface area contributed by atoms with E-state index < -0.39 is 10.0 Å². The summed E-state index contributed by atoms with van der Waals surface area (Å²) in [5.74, 6) is -0.663. The van der Waals surface area contributed by atoms with Crippen molar-refractivity contribution < 1.29 is 22.3 Å². The van der Waals surface area contributed by atoms with Gasteiger partial charge in [0.25, 0.3) is 5.91 Å². The molecule has 4 rings (SSSR count). The van der Waals surface area contributed by atoms with Crippen LogP contribution >= 0.6 is 11.3 Å². The van der Waals surface area contributed by atoms with E-state index >= 15 is 0 Å². The van der Waals surface area contributed by atoms with E-state index in [0.29, 0.717) is 34.0 Å². The van der Waals surface area contributed by atoms with Crippen LogP contribution in [0.25, 0.3) is 10.2 Å². The molecule has 1 saturated heterocycles. The van der Waals surface area contributed by atoms with E-state index in [4.69, 9.17) is 4.74 Å². The Morgan fingerprint density at radius 2 is 1.77 bits per heavy atom. The molecule has 35 heavy (non-hydrogen) atoms. The molecule has 2 heterocycles. The van der Waals surface area contributed by atoms with Crippen LogP contribution < -0.4 is 4.90 Å². The second-order valence-electron chi connectivity index (χ2n) is 8.97. The summed E-state index contributed by atoms with van der Waals surface area (Å²) in [4.78, 5) is 21.6. The molecule has 0 bridgehead atoms. The lowest BCUT2D eigenvalue weighted by Crippen LogP contribution is -2.48. The summed E-state index contributed by atoms with van der Waals surface area (Å²) in [5, 5.41) is 0.463. The molecular formula is C24H29FN4O4S2. The first-order chi connectivity index (χ1) is 16.5. The van der Waals surface area contributed by atoms with Crippen LogP contribution in [-0.2, 0) is 14.8 Å². The maximum Gasteiger partial charge on any atom is 0.260 e. The predicted octanol–water partition coefficient (Wildman–Crippen LogP) is 3.44. The highest BCUT2D eigenvalue weighted by molar-refractivity contribution is 7.89. The Kier molecular flexibility index (Phi) is 7.53. The fraction of sp³-hybridized carbons (Fsp3) is 0.417. The van der Waals surface area contributed by atoms with Crippen molar-refractivity contribution in [2.75, 3.05) is 45.2 Å². The second-order valence-corrected chi connectivity index (χ2v) is 11.9. The minimum atomic E-state index is -3.71. The average Bonchev–Trinajstić information content (AvgIpc) is 3.21. The first kappa shape index (κ1) is 25.6. The summed E-state index contributed by atoms with van der Waals surface area (Å²) in [6.45, 7) is 5.22. The van der Waals surface area contributed by atoms with Gasteiger partial charge in [-0.2, -0.15) is 4.31 Å². The Hall–Kier alpha value is -2.44. The lowest BCUT2D eigenvalue weighted by Gasteiger charge is -2.34. The van der Waals surface area contributed by atoms with E-state index in [9.17, 15) is 17.6 Å². The topological polar surface area (TPSA) is 83.1 Å². The van der Waals surface area contributed by atoms with Gasteiger partial charge in [-0.1, -0.05) is 11.3 Å². The molecule has 0 N–H and O–H groups in total. The van der Waals surface area contributed by atoms with Gasteiger partial charge in [0.1, 0.15) is 5.82 Å². The number of fused-ring (bicyclic) bond motifs is 1. The fourth-order valence-corrected chi connectivity index (χ4v) is 6.59. The van der Waals surface area contributed by atoms with Crippen LogP contribution in [0.2, 0.25) is 0 Å². The van der Waals surface area contributed by atoms with Crippen LogP contribution in [-0.4, -0.2) is 81.0 Å². The number of ether oxygens (including phenoxy) is 1. The minimum absolute atomic E-state index is 0.130. The molecule has 8 nitrogen and oxygen atoms in total. The number of morpholine rings is 1. The number of rotatable bonds is 7. The van der Waals surface area contributed by atoms with Crippen LogP contribution in [0.4, 0.5) is 9.52 Å². The molecule has 0 unspecified atom stereocenters. The van der Waals surface area contributed by atoms with Crippen LogP contribution in [0.15, 0.2) is 47.4 Å². The van der Waals surface area contributed by atoms with E-state index in [1.54, 1.807) is 11.0 Å². The van der Waals surface area contributed by atoms with Crippen molar-refractivity contribution in [1.82, 2.24) is 14.2 Å². The SMILES string of the molecule is C[C@@H]1CN(S(=O)(=O)c2ccc(C(=O)N(CCN(C)C)c3nc4ccc(F)cc4s3)cc2)C[C@@H](C)O1. The first-order valence-corrected chi connectivity index (χ1v) is 13.6. The van der Waals surface area contributed by atoms with Crippen molar-refractivity contribution in [3.63, 3.8) is 0 Å². The summed E-state index contributed by atoms with van der Waals surface area (Å²) in [6, 6.07) is 10.3. The van der Waals surface area contributed by atoms with E-state index in [-0.39, 0.29) is 41.9 Å². The molecule has 0 spiro atoms. The number of carbonyl (C=O) groups excluding carboxylic acids is 1. The molecule has 1 aliphatic rings. The smallest absolute Gasteiger partial charge is 0.260 e. The van der Waals surface area contributed by atoms with Gasteiger partial charge in [-0.05, 0) is 70.4 Å². The number of hydrogen-bond acceptors (Lipinski definition) is 7. The van der Waals surface area contributed by atoms with Crippen molar-refractivity contribution in [2.45, 2.75) is 31.0 Å². The largest absolute Gasteiger partial charge is 0.373 e. The highest BCUT2D eigenvalue weighted by atomic mass is 32.2. The van der Waals surface area contributed by atoms with Crippen LogP contribution in [0.5, 0.6) is 0 Å². The second kappa shape index (κ2) is 10.3. The summed E-state index contributed by atoms with van der Waals surface area (Å²) in [5.41, 5.74) is 0.960. The first-order valence-electron chi connectivity index (χ1n) is 11.3. The third kappa shape index (κ3) is 5.70. The van der Waals surface area contributed by atoms with Crippen LogP contribution in [0.1, 0.15) is 24.2 Å². The maximum atomic E-state index is 13.7. The van der Waals surface area contributed by atoms with Gasteiger partial charge in [0.2, 0.25) is 10.0 Å². The Morgan fingerprint density at radius 3 is 2.40 bits per heavy atom. The van der Waals surface area contributed by atoms with E-state index in [0.717, 1.165) is 0 Å². The van der Waals surface area contributed by atoms with E-state index in [1.165, 1.54) is 52.0 Å². The van der Waals surface area contributed by atoms with Crippen LogP contribution in [0.3, 0.4) is 0 Å². The quantitative estimate of drug-likeness (QED) is 0.475. The molecule has 0 radical (unpaired) electrons. The molecule has 1 aromatic heterocycles. The third-order valence-electron chi connectivity index (χ3n) is 5.71. The Morgan fingerprint density at radius 1 is 1.11 bits per heavy atom. The minimum Gasteiger partial charge on any atom is -0.373 e. The number of amides is 1. The molecule has 1 amide bonds. The van der Waals surface area contributed by atoms with Gasteiger partial charge >= 0.3 is 0 Å². The molecule has 11 heteroatoms. The van der Waals surface area contributed by atoms with Crippen molar-refractivity contribution in [1.29, 1.82) is 0 Å². The van der Waals surface area contributed by atoms with Gasteiger partial charge in [0.05, 0.1) is 27.3 Å². The van der Waals surface area contributed by atoms with E-state index in [1.807, 2.05) is 32.8 Å². The summed E-state index contributed by atoms with van der Waals surface area (Å²) in [6.07, 6.45) is -0.385. The number of anilines is 1. The highest BCUT2D eigenvalue weighted by Gasteiger charge is 2.32. The monoisotopic (exact) mass is 520 g/mol. The van der Waals surface area contributed by atoms with Crippen molar-refractivity contribution in [3.05, 3.63) is 53.8 Å². The zero-order chi connectivity index (χ0) is 25.3. The molecule has 2 atom stereocenters. The molecule has 1 fully saturated rings. The zero-order valence-electron chi connectivity index (χ0n) is 20.1. The normalized spacial score (nSPS) is 19.4. The summed E-state index contributed by atoms with van der Waals surface area (Å²) in [7, 11) is 0.103. The number of likely N-dealkylation sites (N-methyl/N-ethyl adjacent to an activating group) is 1. The number of nitrogens with zero attached hydrogens (tertiary/aromatic N) is 4. The molecule has 0 saturated carbocycles. The highest BCUT2D eigenvalue weighted by Crippen LogP contribution is 2.30. The molecule has 188 valence electrons. The van der Waals surface area contributed by atoms with Gasteiger partial charge in [-0.25, -0.2) is 17.8 Å². The lowest BCUT2D eigenvalue weighted by atomic mass is 10.2. The van der Waals surface area contributed by atoms with Crippen LogP contribution in [0, 0.1) is 5.82 Å². The van der Waals surface area contributed by atoms with Crippen molar-refractivity contribution >= 4 is 42.6 Å². The molecular weight excluding hydrogens is 491 g/mol. The van der Waals surface area contributed by atoms with Crippen molar-refractivity contribution in [2.24, 2.45) is 0 Å². The number of halogens is 1. The van der Waals surface area contributed by atoms with Gasteiger partial charge in [-0.15, -0.1) is 0 Å². The number of hydrogen-bond donors (Lipinski definition) is 0. The Balaban J connectivity index is 1.60. The number of carbonyl (C=O) groups is 1. The fourth-order valence-electron chi connectivity index (χ4n) is 3.99. The molecule has 0 aliphatic carbocycles. The molecule has 2 aromatic carbocycles.